The molecule has 0 fully saturated rings. The second kappa shape index (κ2) is 8.62. The molecule has 0 radical (unpaired) electrons. The zero-order valence-corrected chi connectivity index (χ0v) is 17.5. The van der Waals surface area contributed by atoms with Gasteiger partial charge in [0.15, 0.2) is 11.2 Å². The first-order valence-electron chi connectivity index (χ1n) is 9.97. The Morgan fingerprint density at radius 2 is 1.74 bits per heavy atom. The van der Waals surface area contributed by atoms with Gasteiger partial charge in [0.05, 0.1) is 6.54 Å². The molecular weight excluding hydrogens is 474 g/mol. The van der Waals surface area contributed by atoms with Gasteiger partial charge < -0.3 is 9.26 Å². The molecule has 5 rings (SSSR count). The van der Waals surface area contributed by atoms with Crippen LogP contribution in [-0.2, 0) is 13.1 Å². The van der Waals surface area contributed by atoms with Gasteiger partial charge in [-0.25, -0.2) is 14.1 Å². The minimum Gasteiger partial charge on any atom is -0.406 e. The van der Waals surface area contributed by atoms with Crippen molar-refractivity contribution in [3.05, 3.63) is 82.5 Å². The van der Waals surface area contributed by atoms with Gasteiger partial charge in [0, 0.05) is 5.56 Å². The smallest absolute Gasteiger partial charge is 0.406 e. The molecule has 0 atom stereocenters. The topological polar surface area (TPSA) is 114 Å². The number of halogens is 4. The van der Waals surface area contributed by atoms with Crippen LogP contribution < -0.4 is 10.3 Å². The van der Waals surface area contributed by atoms with Gasteiger partial charge in [-0.2, -0.15) is 4.98 Å². The Kier molecular flexibility index (Phi) is 5.47. The highest BCUT2D eigenvalue weighted by Gasteiger charge is 2.31. The summed E-state index contributed by atoms with van der Waals surface area (Å²) in [6, 6.07) is 10.7. The zero-order chi connectivity index (χ0) is 24.6. The second-order valence-corrected chi connectivity index (χ2v) is 7.31. The number of fused-ring (bicyclic) bond motifs is 1. The number of benzene rings is 2. The molecule has 0 bridgehead atoms. The van der Waals surface area contributed by atoms with Crippen LogP contribution >= 0.6 is 0 Å². The predicted octanol–water partition coefficient (Wildman–Crippen LogP) is 3.17. The quantitative estimate of drug-likeness (QED) is 0.336. The van der Waals surface area contributed by atoms with E-state index in [2.05, 4.69) is 30.2 Å². The lowest BCUT2D eigenvalue weighted by Crippen LogP contribution is -2.21. The Hall–Kier alpha value is -4.62. The maximum absolute atomic E-state index is 13.1. The third kappa shape index (κ3) is 4.85. The first-order chi connectivity index (χ1) is 16.7. The van der Waals surface area contributed by atoms with E-state index >= 15 is 0 Å². The van der Waals surface area contributed by atoms with Crippen LogP contribution in [0.15, 0.2) is 64.2 Å². The summed E-state index contributed by atoms with van der Waals surface area (Å²) in [6.07, 6.45) is -3.52. The van der Waals surface area contributed by atoms with E-state index in [0.29, 0.717) is 5.56 Å². The number of aromatic nitrogens is 7. The largest absolute Gasteiger partial charge is 0.573 e. The molecule has 0 saturated carbocycles. The fourth-order valence-electron chi connectivity index (χ4n) is 3.26. The van der Waals surface area contributed by atoms with Crippen molar-refractivity contribution in [2.45, 2.75) is 19.5 Å². The molecule has 3 aromatic heterocycles. The first-order valence-corrected chi connectivity index (χ1v) is 9.97. The van der Waals surface area contributed by atoms with Gasteiger partial charge >= 0.3 is 6.36 Å². The Morgan fingerprint density at radius 3 is 2.46 bits per heavy atom. The van der Waals surface area contributed by atoms with Crippen molar-refractivity contribution in [3.8, 4) is 17.1 Å². The van der Waals surface area contributed by atoms with Crippen molar-refractivity contribution < 1.29 is 26.8 Å². The van der Waals surface area contributed by atoms with E-state index in [1.165, 1.54) is 39.8 Å². The number of nitrogens with zero attached hydrogens (tertiary/aromatic N) is 7. The average Bonchev–Trinajstić information content (AvgIpc) is 3.44. The summed E-state index contributed by atoms with van der Waals surface area (Å²) >= 11 is 0. The summed E-state index contributed by atoms with van der Waals surface area (Å²) < 4.78 is 61.6. The lowest BCUT2D eigenvalue weighted by molar-refractivity contribution is -0.274. The van der Waals surface area contributed by atoms with Crippen molar-refractivity contribution in [3.63, 3.8) is 0 Å². The molecule has 3 heterocycles. The van der Waals surface area contributed by atoms with Gasteiger partial charge in [-0.1, -0.05) is 22.5 Å². The Bertz CT molecular complexity index is 1540. The minimum atomic E-state index is -4.80. The number of rotatable bonds is 6. The summed E-state index contributed by atoms with van der Waals surface area (Å²) in [6.45, 7) is 0.127. The first kappa shape index (κ1) is 22.2. The van der Waals surface area contributed by atoms with Crippen LogP contribution in [0.4, 0.5) is 17.6 Å². The Labute approximate surface area is 192 Å². The van der Waals surface area contributed by atoms with Crippen molar-refractivity contribution in [1.82, 2.24) is 34.7 Å². The monoisotopic (exact) mass is 487 g/mol. The van der Waals surface area contributed by atoms with Crippen molar-refractivity contribution >= 4 is 11.2 Å². The fraction of sp³-hybridized carbons (Fsp3) is 0.143. The van der Waals surface area contributed by atoms with Crippen LogP contribution in [0.3, 0.4) is 0 Å². The van der Waals surface area contributed by atoms with E-state index in [4.69, 9.17) is 4.52 Å². The van der Waals surface area contributed by atoms with E-state index in [0.717, 1.165) is 17.7 Å². The van der Waals surface area contributed by atoms with Crippen molar-refractivity contribution in [2.75, 3.05) is 0 Å². The standard InChI is InChI=1S/C21H13F4N7O3/c22-14-5-1-12(2-6-14)9-32-19-17(28-30-32)20(33)31(11-26-19)10-16-27-18(29-35-16)13-3-7-15(8-4-13)34-21(23,24)25/h1-8,11H,9-10H2. The van der Waals surface area contributed by atoms with Gasteiger partial charge in [-0.15, -0.1) is 18.3 Å². The van der Waals surface area contributed by atoms with Gasteiger partial charge in [-0.3, -0.25) is 9.36 Å². The third-order valence-electron chi connectivity index (χ3n) is 4.86. The lowest BCUT2D eigenvalue weighted by Gasteiger charge is -2.08. The molecule has 10 nitrogen and oxygen atoms in total. The zero-order valence-electron chi connectivity index (χ0n) is 17.5. The molecule has 0 amide bonds. The number of ether oxygens (including phenoxy) is 1. The summed E-state index contributed by atoms with van der Waals surface area (Å²) in [5.74, 6) is -0.568. The normalized spacial score (nSPS) is 11.8. The molecule has 35 heavy (non-hydrogen) atoms. The molecule has 0 unspecified atom stereocenters. The maximum Gasteiger partial charge on any atom is 0.573 e. The highest BCUT2D eigenvalue weighted by atomic mass is 19.4. The van der Waals surface area contributed by atoms with Crippen LogP contribution in [0.25, 0.3) is 22.6 Å². The molecule has 0 N–H and O–H groups in total. The molecule has 2 aromatic carbocycles. The number of hydrogen-bond acceptors (Lipinski definition) is 8. The highest BCUT2D eigenvalue weighted by molar-refractivity contribution is 5.67. The molecule has 0 aliphatic heterocycles. The molecular formula is C21H13F4N7O3. The van der Waals surface area contributed by atoms with Gasteiger partial charge in [-0.05, 0) is 42.0 Å². The van der Waals surface area contributed by atoms with Gasteiger partial charge in [0.1, 0.15) is 24.4 Å². The van der Waals surface area contributed by atoms with E-state index in [9.17, 15) is 22.4 Å². The summed E-state index contributed by atoms with van der Waals surface area (Å²) in [5, 5.41) is 11.7. The van der Waals surface area contributed by atoms with E-state index < -0.39 is 11.9 Å². The molecule has 0 saturated heterocycles. The van der Waals surface area contributed by atoms with E-state index in [1.807, 2.05) is 0 Å². The predicted molar refractivity (Wildman–Crippen MR) is 111 cm³/mol. The SMILES string of the molecule is O=c1c2nnn(Cc3ccc(F)cc3)c2ncn1Cc1nc(-c2ccc(OC(F)(F)F)cc2)no1. The molecule has 14 heteroatoms. The third-order valence-corrected chi connectivity index (χ3v) is 4.86. The fourth-order valence-corrected chi connectivity index (χ4v) is 3.26. The summed E-state index contributed by atoms with van der Waals surface area (Å²) in [7, 11) is 0. The van der Waals surface area contributed by atoms with Crippen LogP contribution in [0.1, 0.15) is 11.5 Å². The molecule has 0 spiro atoms. The Morgan fingerprint density at radius 1 is 1.00 bits per heavy atom. The summed E-state index contributed by atoms with van der Waals surface area (Å²) in [5.41, 5.74) is 0.922. The maximum atomic E-state index is 13.1. The molecule has 178 valence electrons. The molecule has 0 aliphatic carbocycles. The van der Waals surface area contributed by atoms with Gasteiger partial charge in [0.2, 0.25) is 11.7 Å². The van der Waals surface area contributed by atoms with Crippen LogP contribution in [0.5, 0.6) is 5.75 Å². The molecule has 5 aromatic rings. The second-order valence-electron chi connectivity index (χ2n) is 7.31. The highest BCUT2D eigenvalue weighted by Crippen LogP contribution is 2.25. The van der Waals surface area contributed by atoms with E-state index in [1.54, 1.807) is 12.1 Å². The minimum absolute atomic E-state index is 0.0228. The van der Waals surface area contributed by atoms with Crippen LogP contribution in [0, 0.1) is 5.82 Å². The molecule has 0 aliphatic rings. The average molecular weight is 487 g/mol. The van der Waals surface area contributed by atoms with E-state index in [-0.39, 0.29) is 47.5 Å². The van der Waals surface area contributed by atoms with Gasteiger partial charge in [0.25, 0.3) is 5.56 Å². The summed E-state index contributed by atoms with van der Waals surface area (Å²) in [4.78, 5) is 21.2. The number of hydrogen-bond donors (Lipinski definition) is 0. The Balaban J connectivity index is 1.33. The van der Waals surface area contributed by atoms with Crippen LogP contribution in [-0.4, -0.2) is 41.0 Å². The van der Waals surface area contributed by atoms with Crippen molar-refractivity contribution in [2.24, 2.45) is 0 Å². The van der Waals surface area contributed by atoms with Crippen molar-refractivity contribution in [1.29, 1.82) is 0 Å². The number of alkyl halides is 3. The van der Waals surface area contributed by atoms with Crippen LogP contribution in [0.2, 0.25) is 0 Å². The lowest BCUT2D eigenvalue weighted by atomic mass is 10.2.